The molecule has 0 aliphatic carbocycles. The number of aryl methyl sites for hydroxylation is 1. The highest BCUT2D eigenvalue weighted by molar-refractivity contribution is 9.10. The first-order valence-corrected chi connectivity index (χ1v) is 6.81. The molecule has 2 rings (SSSR count). The SMILES string of the molecule is CCCCCn1c(CO)nc2cc(Br)ccc21. The first-order valence-electron chi connectivity index (χ1n) is 6.01. The molecule has 3 nitrogen and oxygen atoms in total. The van der Waals surface area contributed by atoms with Gasteiger partial charge in [-0.3, -0.25) is 0 Å². The normalized spacial score (nSPS) is 11.2. The van der Waals surface area contributed by atoms with E-state index in [0.717, 1.165) is 34.3 Å². The van der Waals surface area contributed by atoms with Crippen LogP contribution in [-0.2, 0) is 13.2 Å². The molecule has 4 heteroatoms. The van der Waals surface area contributed by atoms with Crippen LogP contribution >= 0.6 is 15.9 Å². The average molecular weight is 297 g/mol. The smallest absolute Gasteiger partial charge is 0.135 e. The molecule has 1 aromatic carbocycles. The standard InChI is InChI=1S/C13H17BrN2O/c1-2-3-4-7-16-12-6-5-10(14)8-11(12)15-13(16)9-17/h5-6,8,17H,2-4,7,9H2,1H3. The Morgan fingerprint density at radius 3 is 2.88 bits per heavy atom. The lowest BCUT2D eigenvalue weighted by atomic mass is 10.2. The molecule has 1 heterocycles. The largest absolute Gasteiger partial charge is 0.388 e. The summed E-state index contributed by atoms with van der Waals surface area (Å²) in [5.41, 5.74) is 2.05. The van der Waals surface area contributed by atoms with Gasteiger partial charge in [-0.2, -0.15) is 0 Å². The van der Waals surface area contributed by atoms with Gasteiger partial charge in [0.25, 0.3) is 0 Å². The van der Waals surface area contributed by atoms with Gasteiger partial charge in [0.1, 0.15) is 12.4 Å². The molecule has 0 unspecified atom stereocenters. The number of benzene rings is 1. The van der Waals surface area contributed by atoms with Crippen molar-refractivity contribution in [1.82, 2.24) is 9.55 Å². The molecule has 0 atom stereocenters. The zero-order valence-electron chi connectivity index (χ0n) is 9.99. The number of imidazole rings is 1. The lowest BCUT2D eigenvalue weighted by Crippen LogP contribution is -2.03. The van der Waals surface area contributed by atoms with Crippen LogP contribution in [0.4, 0.5) is 0 Å². The van der Waals surface area contributed by atoms with Gasteiger partial charge < -0.3 is 9.67 Å². The highest BCUT2D eigenvalue weighted by Crippen LogP contribution is 2.21. The second kappa shape index (κ2) is 5.65. The van der Waals surface area contributed by atoms with Crippen LogP contribution < -0.4 is 0 Å². The van der Waals surface area contributed by atoms with Crippen molar-refractivity contribution in [3.63, 3.8) is 0 Å². The number of unbranched alkanes of at least 4 members (excludes halogenated alkanes) is 2. The quantitative estimate of drug-likeness (QED) is 0.858. The van der Waals surface area contributed by atoms with Crippen molar-refractivity contribution in [3.8, 4) is 0 Å². The van der Waals surface area contributed by atoms with Gasteiger partial charge in [0.05, 0.1) is 11.0 Å². The van der Waals surface area contributed by atoms with Crippen molar-refractivity contribution in [2.75, 3.05) is 0 Å². The van der Waals surface area contributed by atoms with Gasteiger partial charge in [0.15, 0.2) is 0 Å². The van der Waals surface area contributed by atoms with Crippen molar-refractivity contribution in [1.29, 1.82) is 0 Å². The minimum atomic E-state index is -0.00156. The van der Waals surface area contributed by atoms with Crippen LogP contribution in [0, 0.1) is 0 Å². The number of rotatable bonds is 5. The first kappa shape index (κ1) is 12.6. The van der Waals surface area contributed by atoms with Crippen LogP contribution in [0.15, 0.2) is 22.7 Å². The Morgan fingerprint density at radius 1 is 1.35 bits per heavy atom. The van der Waals surface area contributed by atoms with E-state index in [1.807, 2.05) is 12.1 Å². The topological polar surface area (TPSA) is 38.0 Å². The Balaban J connectivity index is 2.36. The number of hydrogen-bond donors (Lipinski definition) is 1. The van der Waals surface area contributed by atoms with E-state index in [4.69, 9.17) is 0 Å². The van der Waals surface area contributed by atoms with Crippen LogP contribution in [0.25, 0.3) is 11.0 Å². The van der Waals surface area contributed by atoms with Gasteiger partial charge in [-0.15, -0.1) is 0 Å². The lowest BCUT2D eigenvalue weighted by Gasteiger charge is -2.07. The van der Waals surface area contributed by atoms with Gasteiger partial charge in [-0.1, -0.05) is 35.7 Å². The molecular weight excluding hydrogens is 280 g/mol. The summed E-state index contributed by atoms with van der Waals surface area (Å²) >= 11 is 3.44. The fourth-order valence-corrected chi connectivity index (χ4v) is 2.39. The van der Waals surface area contributed by atoms with Gasteiger partial charge >= 0.3 is 0 Å². The second-order valence-electron chi connectivity index (χ2n) is 4.18. The van der Waals surface area contributed by atoms with E-state index in [1.54, 1.807) is 0 Å². The van der Waals surface area contributed by atoms with Gasteiger partial charge in [-0.25, -0.2) is 4.98 Å². The Kier molecular flexibility index (Phi) is 4.18. The highest BCUT2D eigenvalue weighted by Gasteiger charge is 2.09. The van der Waals surface area contributed by atoms with E-state index in [1.165, 1.54) is 12.8 Å². The Labute approximate surface area is 110 Å². The predicted molar refractivity (Wildman–Crippen MR) is 72.9 cm³/mol. The number of aliphatic hydroxyl groups is 1. The van der Waals surface area contributed by atoms with Gasteiger partial charge in [-0.05, 0) is 24.6 Å². The monoisotopic (exact) mass is 296 g/mol. The van der Waals surface area contributed by atoms with Crippen LogP contribution in [0.1, 0.15) is 32.0 Å². The molecule has 0 aliphatic heterocycles. The summed E-state index contributed by atoms with van der Waals surface area (Å²) in [4.78, 5) is 4.45. The third-order valence-electron chi connectivity index (χ3n) is 2.92. The Morgan fingerprint density at radius 2 is 2.18 bits per heavy atom. The van der Waals surface area contributed by atoms with Crippen LogP contribution in [0.3, 0.4) is 0 Å². The molecule has 1 N–H and O–H groups in total. The first-order chi connectivity index (χ1) is 8.26. The zero-order chi connectivity index (χ0) is 12.3. The number of halogens is 1. The van der Waals surface area contributed by atoms with Crippen LogP contribution in [-0.4, -0.2) is 14.7 Å². The average Bonchev–Trinajstić information content (AvgIpc) is 2.67. The third-order valence-corrected chi connectivity index (χ3v) is 3.41. The van der Waals surface area contributed by atoms with Crippen LogP contribution in [0.5, 0.6) is 0 Å². The fourth-order valence-electron chi connectivity index (χ4n) is 2.04. The molecule has 1 aromatic heterocycles. The van der Waals surface area contributed by atoms with Crippen molar-refractivity contribution < 1.29 is 5.11 Å². The molecule has 0 fully saturated rings. The fraction of sp³-hybridized carbons (Fsp3) is 0.462. The summed E-state index contributed by atoms with van der Waals surface area (Å²) in [5.74, 6) is 0.759. The maximum atomic E-state index is 9.35. The van der Waals surface area contributed by atoms with Crippen molar-refractivity contribution >= 4 is 27.0 Å². The Hall–Kier alpha value is -0.870. The minimum Gasteiger partial charge on any atom is -0.388 e. The number of fused-ring (bicyclic) bond motifs is 1. The molecule has 17 heavy (non-hydrogen) atoms. The molecule has 92 valence electrons. The minimum absolute atomic E-state index is 0.00156. The summed E-state index contributed by atoms with van der Waals surface area (Å²) in [6.07, 6.45) is 3.54. The number of aromatic nitrogens is 2. The number of aliphatic hydroxyl groups excluding tert-OH is 1. The molecule has 0 spiro atoms. The summed E-state index contributed by atoms with van der Waals surface area (Å²) < 4.78 is 3.14. The van der Waals surface area contributed by atoms with Gasteiger partial charge in [0, 0.05) is 11.0 Å². The molecule has 0 saturated heterocycles. The molecule has 0 saturated carbocycles. The summed E-state index contributed by atoms with van der Waals surface area (Å²) in [6.45, 7) is 3.12. The maximum absolute atomic E-state index is 9.35. The van der Waals surface area contributed by atoms with E-state index in [9.17, 15) is 5.11 Å². The molecular formula is C13H17BrN2O. The molecule has 0 aliphatic rings. The number of nitrogens with zero attached hydrogens (tertiary/aromatic N) is 2. The van der Waals surface area contributed by atoms with Crippen molar-refractivity contribution in [2.24, 2.45) is 0 Å². The van der Waals surface area contributed by atoms with E-state index in [2.05, 4.69) is 38.5 Å². The molecule has 0 bridgehead atoms. The number of hydrogen-bond acceptors (Lipinski definition) is 2. The highest BCUT2D eigenvalue weighted by atomic mass is 79.9. The zero-order valence-corrected chi connectivity index (χ0v) is 11.6. The second-order valence-corrected chi connectivity index (χ2v) is 5.09. The van der Waals surface area contributed by atoms with Crippen molar-refractivity contribution in [3.05, 3.63) is 28.5 Å². The van der Waals surface area contributed by atoms with Crippen LogP contribution in [0.2, 0.25) is 0 Å². The van der Waals surface area contributed by atoms with E-state index in [0.29, 0.717) is 0 Å². The molecule has 0 radical (unpaired) electrons. The maximum Gasteiger partial charge on any atom is 0.135 e. The van der Waals surface area contributed by atoms with Crippen molar-refractivity contribution in [2.45, 2.75) is 39.3 Å². The summed E-state index contributed by atoms with van der Waals surface area (Å²) in [5, 5.41) is 9.35. The van der Waals surface area contributed by atoms with E-state index < -0.39 is 0 Å². The summed E-state index contributed by atoms with van der Waals surface area (Å²) in [7, 11) is 0. The molecule has 2 aromatic rings. The lowest BCUT2D eigenvalue weighted by molar-refractivity contribution is 0.265. The van der Waals surface area contributed by atoms with E-state index >= 15 is 0 Å². The third kappa shape index (κ3) is 2.69. The Bertz CT molecular complexity index is 507. The van der Waals surface area contributed by atoms with Gasteiger partial charge in [0.2, 0.25) is 0 Å². The predicted octanol–water partition coefficient (Wildman–Crippen LogP) is 3.48. The summed E-state index contributed by atoms with van der Waals surface area (Å²) in [6, 6.07) is 6.06. The molecule has 0 amide bonds. The van der Waals surface area contributed by atoms with E-state index in [-0.39, 0.29) is 6.61 Å².